The van der Waals surface area contributed by atoms with Crippen LogP contribution in [0.3, 0.4) is 0 Å². The number of aromatic amines is 1. The number of benzene rings is 1. The van der Waals surface area contributed by atoms with Crippen LogP contribution in [0.1, 0.15) is 13.3 Å². The number of nitrogens with one attached hydrogen (secondary N) is 1. The highest BCUT2D eigenvalue weighted by atomic mass is 19.3. The molecule has 1 N–H and O–H groups in total. The lowest BCUT2D eigenvalue weighted by Crippen LogP contribution is -2.27. The summed E-state index contributed by atoms with van der Waals surface area (Å²) >= 11 is 0. The molecule has 4 aromatic rings. The number of pyridine rings is 1. The van der Waals surface area contributed by atoms with Gasteiger partial charge >= 0.3 is 5.69 Å². The Morgan fingerprint density at radius 1 is 1.26 bits per heavy atom. The summed E-state index contributed by atoms with van der Waals surface area (Å²) in [5.41, 5.74) is 2.08. The second kappa shape index (κ2) is 5.03. The average molecular weight is 369 g/mol. The molecule has 27 heavy (non-hydrogen) atoms. The van der Waals surface area contributed by atoms with Gasteiger partial charge in [0, 0.05) is 31.0 Å². The Morgan fingerprint density at radius 2 is 2.04 bits per heavy atom. The van der Waals surface area contributed by atoms with E-state index in [1.807, 2.05) is 24.3 Å². The molecule has 5 rings (SSSR count). The number of hydrogen-bond acceptors (Lipinski definition) is 3. The number of fused-ring (bicyclic) bond motifs is 2. The minimum Gasteiger partial charge on any atom is -0.290 e. The predicted molar refractivity (Wildman–Crippen MR) is 97.7 cm³/mol. The van der Waals surface area contributed by atoms with Crippen molar-refractivity contribution in [2.24, 2.45) is 12.5 Å². The lowest BCUT2D eigenvalue weighted by atomic mass is 10.1. The van der Waals surface area contributed by atoms with E-state index in [1.165, 1.54) is 16.1 Å². The normalized spacial score (nSPS) is 21.2. The summed E-state index contributed by atoms with van der Waals surface area (Å²) < 4.78 is 30.1. The summed E-state index contributed by atoms with van der Waals surface area (Å²) in [7, 11) is 1.62. The van der Waals surface area contributed by atoms with Gasteiger partial charge in [-0.2, -0.15) is 5.10 Å². The molecule has 1 aromatic carbocycles. The summed E-state index contributed by atoms with van der Waals surface area (Å²) in [6, 6.07) is 9.41. The van der Waals surface area contributed by atoms with E-state index in [2.05, 4.69) is 15.2 Å². The zero-order chi connectivity index (χ0) is 19.0. The van der Waals surface area contributed by atoms with Crippen LogP contribution in [0.5, 0.6) is 0 Å². The number of hydrogen-bond donors (Lipinski definition) is 1. The summed E-state index contributed by atoms with van der Waals surface area (Å²) in [5, 5.41) is 7.88. The van der Waals surface area contributed by atoms with Gasteiger partial charge in [0.2, 0.25) is 0 Å². The molecule has 6 nitrogen and oxygen atoms in total. The van der Waals surface area contributed by atoms with Crippen molar-refractivity contribution in [3.8, 4) is 11.3 Å². The van der Waals surface area contributed by atoms with E-state index < -0.39 is 11.3 Å². The smallest absolute Gasteiger partial charge is 0.290 e. The summed E-state index contributed by atoms with van der Waals surface area (Å²) in [5.74, 6) is -2.72. The Morgan fingerprint density at radius 3 is 2.78 bits per heavy atom. The number of H-pyrrole nitrogens is 1. The molecule has 138 valence electrons. The van der Waals surface area contributed by atoms with E-state index in [9.17, 15) is 13.6 Å². The second-order valence-electron chi connectivity index (χ2n) is 7.58. The van der Waals surface area contributed by atoms with Crippen molar-refractivity contribution >= 4 is 22.1 Å². The monoisotopic (exact) mass is 369 g/mol. The number of nitrogens with zero attached hydrogens (tertiary/aromatic N) is 4. The van der Waals surface area contributed by atoms with Crippen molar-refractivity contribution < 1.29 is 8.78 Å². The molecule has 8 heteroatoms. The zero-order valence-electron chi connectivity index (χ0n) is 14.8. The van der Waals surface area contributed by atoms with Crippen LogP contribution in [0.2, 0.25) is 0 Å². The third-order valence-electron chi connectivity index (χ3n) is 5.59. The van der Waals surface area contributed by atoms with E-state index in [-0.39, 0.29) is 18.7 Å². The van der Waals surface area contributed by atoms with Crippen molar-refractivity contribution in [2.45, 2.75) is 25.8 Å². The quantitative estimate of drug-likeness (QED) is 0.602. The number of aromatic nitrogens is 5. The fourth-order valence-electron chi connectivity index (χ4n) is 3.66. The van der Waals surface area contributed by atoms with Gasteiger partial charge in [0.05, 0.1) is 28.3 Å². The highest BCUT2D eigenvalue weighted by Gasteiger charge is 2.68. The van der Waals surface area contributed by atoms with Gasteiger partial charge in [0.1, 0.15) is 0 Å². The van der Waals surface area contributed by atoms with Crippen molar-refractivity contribution in [1.29, 1.82) is 0 Å². The first kappa shape index (κ1) is 16.2. The first-order chi connectivity index (χ1) is 12.8. The molecule has 1 unspecified atom stereocenters. The molecule has 1 fully saturated rings. The molecule has 1 aliphatic carbocycles. The van der Waals surface area contributed by atoms with Gasteiger partial charge in [0.15, 0.2) is 5.65 Å². The second-order valence-corrected chi connectivity index (χ2v) is 7.58. The van der Waals surface area contributed by atoms with Crippen LogP contribution in [-0.2, 0) is 13.6 Å². The first-order valence-corrected chi connectivity index (χ1v) is 8.67. The zero-order valence-corrected chi connectivity index (χ0v) is 14.8. The molecule has 0 radical (unpaired) electrons. The lowest BCUT2D eigenvalue weighted by molar-refractivity contribution is 0.0637. The van der Waals surface area contributed by atoms with Crippen LogP contribution in [0.15, 0.2) is 41.3 Å². The summed E-state index contributed by atoms with van der Waals surface area (Å²) in [6.07, 6.45) is 1.54. The van der Waals surface area contributed by atoms with Gasteiger partial charge in [0.25, 0.3) is 5.92 Å². The molecule has 0 aliphatic heterocycles. The summed E-state index contributed by atoms with van der Waals surface area (Å²) in [6.45, 7) is 1.50. The van der Waals surface area contributed by atoms with Crippen molar-refractivity contribution in [1.82, 2.24) is 24.3 Å². The van der Waals surface area contributed by atoms with Gasteiger partial charge in [-0.3, -0.25) is 14.2 Å². The highest BCUT2D eigenvalue weighted by Crippen LogP contribution is 2.61. The molecule has 0 saturated heterocycles. The third-order valence-corrected chi connectivity index (χ3v) is 5.59. The SMILES string of the molecule is Cn1c(=O)n(CC2(C)CC2(F)F)c2ccc(-c3ccc4[nH]ncc4c3)nc21. The van der Waals surface area contributed by atoms with Crippen molar-refractivity contribution in [3.05, 3.63) is 47.0 Å². The Balaban J connectivity index is 1.62. The Hall–Kier alpha value is -3.03. The van der Waals surface area contributed by atoms with Crippen LogP contribution >= 0.6 is 0 Å². The van der Waals surface area contributed by atoms with Crippen LogP contribution in [0, 0.1) is 5.41 Å². The fraction of sp³-hybridized carbons (Fsp3) is 0.316. The lowest BCUT2D eigenvalue weighted by Gasteiger charge is -2.11. The molecule has 3 heterocycles. The molecule has 1 aliphatic rings. The van der Waals surface area contributed by atoms with Gasteiger partial charge in [-0.1, -0.05) is 13.0 Å². The first-order valence-electron chi connectivity index (χ1n) is 8.67. The van der Waals surface area contributed by atoms with Gasteiger partial charge in [-0.05, 0) is 24.3 Å². The van der Waals surface area contributed by atoms with Crippen LogP contribution in [0.4, 0.5) is 8.78 Å². The molecule has 0 amide bonds. The summed E-state index contributed by atoms with van der Waals surface area (Å²) in [4.78, 5) is 17.2. The van der Waals surface area contributed by atoms with E-state index in [0.717, 1.165) is 16.5 Å². The number of alkyl halides is 2. The van der Waals surface area contributed by atoms with Crippen LogP contribution in [-0.4, -0.2) is 30.2 Å². The van der Waals surface area contributed by atoms with Crippen LogP contribution in [0.25, 0.3) is 33.3 Å². The molecule has 0 spiro atoms. The minimum absolute atomic E-state index is 0.0157. The number of imidazole rings is 1. The molecule has 3 aromatic heterocycles. The Bertz CT molecular complexity index is 1270. The maximum absolute atomic E-state index is 13.6. The van der Waals surface area contributed by atoms with Gasteiger partial charge in [-0.15, -0.1) is 0 Å². The standard InChI is InChI=1S/C19H17F2N5O/c1-18(9-19(18,20)21)10-26-15-6-5-13(23-16(15)25(2)17(26)27)11-3-4-14-12(7-11)8-22-24-14/h3-8H,9-10H2,1-2H3,(H,22,24). The third kappa shape index (κ3) is 2.25. The number of aryl methyl sites for hydroxylation is 1. The Labute approximate surface area is 152 Å². The molecular formula is C19H17F2N5O. The molecule has 1 atom stereocenters. The van der Waals surface area contributed by atoms with Gasteiger partial charge in [-0.25, -0.2) is 18.6 Å². The van der Waals surface area contributed by atoms with E-state index in [4.69, 9.17) is 0 Å². The fourth-order valence-corrected chi connectivity index (χ4v) is 3.66. The number of rotatable bonds is 3. The number of halogens is 2. The largest absolute Gasteiger partial charge is 0.330 e. The maximum atomic E-state index is 13.6. The topological polar surface area (TPSA) is 68.5 Å². The highest BCUT2D eigenvalue weighted by molar-refractivity contribution is 5.84. The Kier molecular flexibility index (Phi) is 3.01. The molecule has 0 bridgehead atoms. The minimum atomic E-state index is -2.72. The van der Waals surface area contributed by atoms with E-state index in [0.29, 0.717) is 16.9 Å². The molecule has 1 saturated carbocycles. The molecular weight excluding hydrogens is 352 g/mol. The average Bonchev–Trinajstić information content (AvgIpc) is 2.96. The van der Waals surface area contributed by atoms with Gasteiger partial charge < -0.3 is 0 Å². The van der Waals surface area contributed by atoms with Crippen LogP contribution < -0.4 is 5.69 Å². The predicted octanol–water partition coefficient (Wildman–Crippen LogP) is 3.32. The maximum Gasteiger partial charge on any atom is 0.330 e. The van der Waals surface area contributed by atoms with Crippen molar-refractivity contribution in [3.63, 3.8) is 0 Å². The van der Waals surface area contributed by atoms with E-state index in [1.54, 1.807) is 19.3 Å². The van der Waals surface area contributed by atoms with E-state index >= 15 is 0 Å². The van der Waals surface area contributed by atoms with Crippen molar-refractivity contribution in [2.75, 3.05) is 0 Å².